The van der Waals surface area contributed by atoms with Crippen LogP contribution >= 0.6 is 0 Å². The second kappa shape index (κ2) is 15.5. The van der Waals surface area contributed by atoms with Crippen molar-refractivity contribution in [1.82, 2.24) is 9.97 Å². The van der Waals surface area contributed by atoms with Crippen LogP contribution in [0, 0.1) is 12.3 Å². The fourth-order valence-electron chi connectivity index (χ4n) is 4.36. The maximum Gasteiger partial charge on any atom is 0.488 e. The molecule has 4 aromatic rings. The first-order valence-corrected chi connectivity index (χ1v) is 13.8. The van der Waals surface area contributed by atoms with Gasteiger partial charge in [-0.05, 0) is 48.1 Å². The Balaban J connectivity index is 1.20. The Hall–Kier alpha value is -4.43. The van der Waals surface area contributed by atoms with E-state index in [0.29, 0.717) is 42.4 Å². The van der Waals surface area contributed by atoms with Gasteiger partial charge in [0.1, 0.15) is 18.8 Å². The number of carbonyl (C=O) groups is 1. The molecule has 0 spiro atoms. The van der Waals surface area contributed by atoms with Gasteiger partial charge in [-0.1, -0.05) is 49.1 Å². The van der Waals surface area contributed by atoms with E-state index in [0.717, 1.165) is 53.4 Å². The predicted octanol–water partition coefficient (Wildman–Crippen LogP) is 4.16. The summed E-state index contributed by atoms with van der Waals surface area (Å²) in [6.07, 6.45) is 11.0. The van der Waals surface area contributed by atoms with Gasteiger partial charge in [0.2, 0.25) is 0 Å². The van der Waals surface area contributed by atoms with Crippen molar-refractivity contribution in [1.29, 1.82) is 0 Å². The highest BCUT2D eigenvalue weighted by Crippen LogP contribution is 2.35. The highest BCUT2D eigenvalue weighted by atomic mass is 16.5. The lowest BCUT2D eigenvalue weighted by Gasteiger charge is -2.14. The zero-order valence-corrected chi connectivity index (χ0v) is 23.6. The first-order chi connectivity index (χ1) is 20.5. The SMILES string of the molecule is C#Cc1cccc(Nc2ncnc3cc(OC)c(OCCCCCCC(=O)COCc4ccc(B(O)O)cc4)cc23)c1. The minimum atomic E-state index is -1.50. The van der Waals surface area contributed by atoms with Crippen molar-refractivity contribution in [2.75, 3.05) is 25.6 Å². The quantitative estimate of drug-likeness (QED) is 0.104. The fourth-order valence-corrected chi connectivity index (χ4v) is 4.36. The monoisotopic (exact) mass is 567 g/mol. The number of ether oxygens (including phenoxy) is 3. The normalized spacial score (nSPS) is 10.7. The molecule has 3 aromatic carbocycles. The van der Waals surface area contributed by atoms with E-state index in [-0.39, 0.29) is 12.4 Å². The van der Waals surface area contributed by atoms with E-state index in [1.807, 2.05) is 36.4 Å². The molecule has 0 bridgehead atoms. The average molecular weight is 567 g/mol. The lowest BCUT2D eigenvalue weighted by Crippen LogP contribution is -2.29. The summed E-state index contributed by atoms with van der Waals surface area (Å²) < 4.78 is 17.1. The van der Waals surface area contributed by atoms with Gasteiger partial charge in [0.25, 0.3) is 0 Å². The number of unbranched alkanes of at least 4 members (excludes halogenated alkanes) is 3. The Morgan fingerprint density at radius 2 is 1.81 bits per heavy atom. The highest BCUT2D eigenvalue weighted by molar-refractivity contribution is 6.58. The number of hydrogen-bond donors (Lipinski definition) is 3. The first kappa shape index (κ1) is 30.5. The summed E-state index contributed by atoms with van der Waals surface area (Å²) in [6, 6.07) is 18.0. The van der Waals surface area contributed by atoms with Crippen molar-refractivity contribution in [3.8, 4) is 23.8 Å². The zero-order valence-electron chi connectivity index (χ0n) is 23.6. The second-order valence-electron chi connectivity index (χ2n) is 9.75. The topological polar surface area (TPSA) is 123 Å². The number of benzene rings is 3. The summed E-state index contributed by atoms with van der Waals surface area (Å²) in [6.45, 7) is 0.864. The number of fused-ring (bicyclic) bond motifs is 1. The van der Waals surface area contributed by atoms with E-state index >= 15 is 0 Å². The molecule has 0 fully saturated rings. The number of nitrogens with one attached hydrogen (secondary N) is 1. The maximum absolute atomic E-state index is 12.1. The molecule has 9 nitrogen and oxygen atoms in total. The predicted molar refractivity (Wildman–Crippen MR) is 163 cm³/mol. The van der Waals surface area contributed by atoms with Crippen LogP contribution in [0.1, 0.15) is 43.2 Å². The van der Waals surface area contributed by atoms with Crippen LogP contribution in [0.3, 0.4) is 0 Å². The maximum atomic E-state index is 12.1. The summed E-state index contributed by atoms with van der Waals surface area (Å²) >= 11 is 0. The largest absolute Gasteiger partial charge is 0.493 e. The summed E-state index contributed by atoms with van der Waals surface area (Å²) in [5.74, 6) is 4.53. The molecular formula is C32H34BN3O6. The molecule has 216 valence electrons. The molecule has 0 atom stereocenters. The lowest BCUT2D eigenvalue weighted by molar-refractivity contribution is -0.124. The van der Waals surface area contributed by atoms with Crippen LogP contribution in [0.15, 0.2) is 67.0 Å². The first-order valence-electron chi connectivity index (χ1n) is 13.8. The summed E-state index contributed by atoms with van der Waals surface area (Å²) in [7, 11) is 0.100. The van der Waals surface area contributed by atoms with Crippen LogP contribution in [-0.4, -0.2) is 53.2 Å². The summed E-state index contributed by atoms with van der Waals surface area (Å²) in [4.78, 5) is 20.9. The van der Waals surface area contributed by atoms with Crippen molar-refractivity contribution in [3.63, 3.8) is 0 Å². The van der Waals surface area contributed by atoms with Gasteiger partial charge in [-0.3, -0.25) is 4.79 Å². The fraction of sp³-hybridized carbons (Fsp3) is 0.281. The molecule has 4 rings (SSSR count). The minimum absolute atomic E-state index is 0.0607. The number of terminal acetylenes is 1. The van der Waals surface area contributed by atoms with Crippen molar-refractivity contribution in [3.05, 3.63) is 78.1 Å². The molecule has 0 aliphatic heterocycles. The number of aromatic nitrogens is 2. The van der Waals surface area contributed by atoms with Crippen molar-refractivity contribution < 1.29 is 29.1 Å². The van der Waals surface area contributed by atoms with Gasteiger partial charge >= 0.3 is 7.12 Å². The Morgan fingerprint density at radius 1 is 1.00 bits per heavy atom. The lowest BCUT2D eigenvalue weighted by atomic mass is 9.80. The van der Waals surface area contributed by atoms with Crippen LogP contribution < -0.4 is 20.3 Å². The van der Waals surface area contributed by atoms with Gasteiger partial charge in [-0.2, -0.15) is 0 Å². The van der Waals surface area contributed by atoms with E-state index in [1.54, 1.807) is 31.4 Å². The van der Waals surface area contributed by atoms with Crippen LogP contribution in [-0.2, 0) is 16.1 Å². The Kier molecular flexibility index (Phi) is 11.3. The number of Topliss-reactive ketones (excluding diaryl/α,β-unsaturated/α-hetero) is 1. The van der Waals surface area contributed by atoms with Gasteiger partial charge < -0.3 is 29.6 Å². The molecule has 1 heterocycles. The molecule has 0 unspecified atom stereocenters. The van der Waals surface area contributed by atoms with E-state index in [4.69, 9.17) is 30.7 Å². The summed E-state index contributed by atoms with van der Waals surface area (Å²) in [5, 5.41) is 22.4. The molecule has 0 saturated carbocycles. The molecule has 10 heteroatoms. The number of carbonyl (C=O) groups excluding carboxylic acids is 1. The van der Waals surface area contributed by atoms with Crippen molar-refractivity contribution in [2.24, 2.45) is 0 Å². The average Bonchev–Trinajstić information content (AvgIpc) is 3.00. The number of ketones is 1. The minimum Gasteiger partial charge on any atom is -0.493 e. The van der Waals surface area contributed by atoms with Crippen LogP contribution in [0.4, 0.5) is 11.5 Å². The van der Waals surface area contributed by atoms with Crippen molar-refractivity contribution in [2.45, 2.75) is 38.7 Å². The molecular weight excluding hydrogens is 533 g/mol. The van der Waals surface area contributed by atoms with Gasteiger partial charge in [0, 0.05) is 29.1 Å². The van der Waals surface area contributed by atoms with Crippen LogP contribution in [0.25, 0.3) is 10.9 Å². The smallest absolute Gasteiger partial charge is 0.488 e. The molecule has 0 aliphatic rings. The van der Waals surface area contributed by atoms with Gasteiger partial charge in [0.05, 0.1) is 25.8 Å². The third-order valence-corrected chi connectivity index (χ3v) is 6.63. The molecule has 0 aliphatic carbocycles. The number of methoxy groups -OCH3 is 1. The van der Waals surface area contributed by atoms with Gasteiger partial charge in [-0.15, -0.1) is 6.42 Å². The second-order valence-corrected chi connectivity index (χ2v) is 9.75. The number of rotatable bonds is 16. The number of nitrogens with zero attached hydrogens (tertiary/aromatic N) is 2. The third kappa shape index (κ3) is 8.79. The van der Waals surface area contributed by atoms with E-state index in [2.05, 4.69) is 21.2 Å². The molecule has 0 saturated heterocycles. The van der Waals surface area contributed by atoms with Crippen LogP contribution in [0.5, 0.6) is 11.5 Å². The van der Waals surface area contributed by atoms with Gasteiger partial charge in [-0.25, -0.2) is 9.97 Å². The molecule has 0 radical (unpaired) electrons. The molecule has 1 aromatic heterocycles. The van der Waals surface area contributed by atoms with Gasteiger partial charge in [0.15, 0.2) is 17.3 Å². The van der Waals surface area contributed by atoms with E-state index < -0.39 is 7.12 Å². The number of hydrogen-bond acceptors (Lipinski definition) is 9. The Labute approximate surface area is 246 Å². The number of anilines is 2. The molecule has 0 amide bonds. The Bertz CT molecular complexity index is 1520. The zero-order chi connectivity index (χ0) is 29.7. The standard InChI is InChI=1S/C32H34BN3O6/c1-3-23-9-8-10-26(17-23)36-32-28-18-31(30(40-2)19-29(28)34-22-35-32)42-16-7-5-4-6-11-27(37)21-41-20-24-12-14-25(15-13-24)33(38)39/h1,8-10,12-15,17-19,22,38-39H,4-7,11,16,20-21H2,2H3,(H,34,35,36). The van der Waals surface area contributed by atoms with E-state index in [1.165, 1.54) is 6.33 Å². The van der Waals surface area contributed by atoms with Crippen LogP contribution in [0.2, 0.25) is 0 Å². The highest BCUT2D eigenvalue weighted by Gasteiger charge is 2.13. The third-order valence-electron chi connectivity index (χ3n) is 6.63. The molecule has 3 N–H and O–H groups in total. The van der Waals surface area contributed by atoms with E-state index in [9.17, 15) is 4.79 Å². The van der Waals surface area contributed by atoms with Crippen molar-refractivity contribution >= 4 is 40.8 Å². The Morgan fingerprint density at radius 3 is 2.57 bits per heavy atom. The summed E-state index contributed by atoms with van der Waals surface area (Å²) in [5.41, 5.74) is 3.59. The molecule has 42 heavy (non-hydrogen) atoms.